The molecule has 1 aliphatic heterocycles. The molecular formula is C11H14BrNO4. The number of hydrogen-bond acceptors (Lipinski definition) is 4. The van der Waals surface area contributed by atoms with Gasteiger partial charge in [0.15, 0.2) is 4.67 Å². The van der Waals surface area contributed by atoms with Crippen molar-refractivity contribution < 1.29 is 18.7 Å². The Morgan fingerprint density at radius 1 is 1.71 bits per heavy atom. The van der Waals surface area contributed by atoms with Gasteiger partial charge < -0.3 is 19.2 Å². The monoisotopic (exact) mass is 303 g/mol. The SMILES string of the molecule is COC1(CNC(=O)c2ccoc2Br)CCOC1. The van der Waals surface area contributed by atoms with E-state index in [1.165, 1.54) is 6.26 Å². The largest absolute Gasteiger partial charge is 0.457 e. The fourth-order valence-electron chi connectivity index (χ4n) is 1.75. The lowest BCUT2D eigenvalue weighted by Crippen LogP contribution is -2.45. The fraction of sp³-hybridized carbons (Fsp3) is 0.545. The van der Waals surface area contributed by atoms with Crippen molar-refractivity contribution >= 4 is 21.8 Å². The molecule has 0 bridgehead atoms. The molecule has 17 heavy (non-hydrogen) atoms. The second kappa shape index (κ2) is 5.20. The standard InChI is InChI=1S/C11H14BrNO4/c1-15-11(3-5-16-7-11)6-13-10(14)8-2-4-17-9(8)12/h2,4H,3,5-7H2,1H3,(H,13,14). The lowest BCUT2D eigenvalue weighted by atomic mass is 10.0. The molecule has 1 N–H and O–H groups in total. The highest BCUT2D eigenvalue weighted by Crippen LogP contribution is 2.22. The molecule has 1 amide bonds. The molecule has 94 valence electrons. The summed E-state index contributed by atoms with van der Waals surface area (Å²) in [6.07, 6.45) is 2.25. The van der Waals surface area contributed by atoms with E-state index in [9.17, 15) is 4.79 Å². The third kappa shape index (κ3) is 2.70. The summed E-state index contributed by atoms with van der Waals surface area (Å²) in [5.74, 6) is -0.186. The lowest BCUT2D eigenvalue weighted by Gasteiger charge is -2.25. The molecule has 1 aromatic rings. The van der Waals surface area contributed by atoms with Gasteiger partial charge in [-0.3, -0.25) is 4.79 Å². The summed E-state index contributed by atoms with van der Waals surface area (Å²) >= 11 is 3.17. The molecule has 6 heteroatoms. The first-order chi connectivity index (χ1) is 8.17. The summed E-state index contributed by atoms with van der Waals surface area (Å²) in [7, 11) is 1.63. The quantitative estimate of drug-likeness (QED) is 0.917. The van der Waals surface area contributed by atoms with Gasteiger partial charge >= 0.3 is 0 Å². The molecule has 1 aliphatic rings. The molecule has 1 aromatic heterocycles. The predicted octanol–water partition coefficient (Wildman–Crippen LogP) is 1.58. The number of amides is 1. The highest BCUT2D eigenvalue weighted by atomic mass is 79.9. The van der Waals surface area contributed by atoms with Crippen molar-refractivity contribution in [1.29, 1.82) is 0 Å². The number of carbonyl (C=O) groups excluding carboxylic acids is 1. The second-order valence-corrected chi connectivity index (χ2v) is 4.70. The zero-order valence-corrected chi connectivity index (χ0v) is 11.1. The number of halogens is 1. The smallest absolute Gasteiger partial charge is 0.255 e. The van der Waals surface area contributed by atoms with Crippen LogP contribution >= 0.6 is 15.9 Å². The van der Waals surface area contributed by atoms with Gasteiger partial charge in [-0.15, -0.1) is 0 Å². The van der Waals surface area contributed by atoms with Crippen LogP contribution in [0.15, 0.2) is 21.4 Å². The van der Waals surface area contributed by atoms with Gasteiger partial charge in [0.25, 0.3) is 5.91 Å². The van der Waals surface area contributed by atoms with Crippen LogP contribution in [0.4, 0.5) is 0 Å². The van der Waals surface area contributed by atoms with Crippen LogP contribution in [0.2, 0.25) is 0 Å². The van der Waals surface area contributed by atoms with E-state index < -0.39 is 5.60 Å². The Bertz CT molecular complexity index is 398. The normalized spacial score (nSPS) is 23.9. The van der Waals surface area contributed by atoms with E-state index in [4.69, 9.17) is 13.9 Å². The summed E-state index contributed by atoms with van der Waals surface area (Å²) in [5.41, 5.74) is 0.0847. The van der Waals surface area contributed by atoms with E-state index in [-0.39, 0.29) is 5.91 Å². The molecule has 2 rings (SSSR count). The Hall–Kier alpha value is -0.850. The zero-order valence-electron chi connectivity index (χ0n) is 9.49. The predicted molar refractivity (Wildman–Crippen MR) is 63.9 cm³/mol. The number of furan rings is 1. The molecule has 1 fully saturated rings. The molecule has 0 aliphatic carbocycles. The topological polar surface area (TPSA) is 60.7 Å². The minimum absolute atomic E-state index is 0.186. The highest BCUT2D eigenvalue weighted by Gasteiger charge is 2.35. The van der Waals surface area contributed by atoms with E-state index in [1.54, 1.807) is 13.2 Å². The molecule has 1 unspecified atom stereocenters. The number of carbonyl (C=O) groups is 1. The van der Waals surface area contributed by atoms with Crippen LogP contribution in [0, 0.1) is 0 Å². The maximum absolute atomic E-state index is 11.8. The van der Waals surface area contributed by atoms with Gasteiger partial charge in [-0.1, -0.05) is 0 Å². The minimum atomic E-state index is -0.397. The molecular weight excluding hydrogens is 290 g/mol. The van der Waals surface area contributed by atoms with E-state index in [0.717, 1.165) is 6.42 Å². The van der Waals surface area contributed by atoms with Gasteiger partial charge in [0.05, 0.1) is 18.4 Å². The van der Waals surface area contributed by atoms with E-state index in [0.29, 0.717) is 30.0 Å². The van der Waals surface area contributed by atoms with E-state index >= 15 is 0 Å². The molecule has 5 nitrogen and oxygen atoms in total. The molecule has 0 aromatic carbocycles. The summed E-state index contributed by atoms with van der Waals surface area (Å²) in [4.78, 5) is 11.8. The van der Waals surface area contributed by atoms with E-state index in [1.807, 2.05) is 0 Å². The third-order valence-corrected chi connectivity index (χ3v) is 3.55. The van der Waals surface area contributed by atoms with Crippen LogP contribution < -0.4 is 5.32 Å². The molecule has 2 heterocycles. The summed E-state index contributed by atoms with van der Waals surface area (Å²) in [6.45, 7) is 1.61. The van der Waals surface area contributed by atoms with Crippen molar-refractivity contribution in [2.75, 3.05) is 26.9 Å². The molecule has 1 saturated heterocycles. The van der Waals surface area contributed by atoms with Crippen molar-refractivity contribution in [3.05, 3.63) is 22.6 Å². The molecule has 0 saturated carbocycles. The average molecular weight is 304 g/mol. The molecule has 0 radical (unpaired) electrons. The van der Waals surface area contributed by atoms with Gasteiger partial charge in [-0.25, -0.2) is 0 Å². The van der Waals surface area contributed by atoms with Crippen LogP contribution in [-0.2, 0) is 9.47 Å². The number of methoxy groups -OCH3 is 1. The van der Waals surface area contributed by atoms with Gasteiger partial charge in [-0.2, -0.15) is 0 Å². The minimum Gasteiger partial charge on any atom is -0.457 e. The maximum Gasteiger partial charge on any atom is 0.255 e. The fourth-order valence-corrected chi connectivity index (χ4v) is 2.17. The van der Waals surface area contributed by atoms with Crippen molar-refractivity contribution in [2.24, 2.45) is 0 Å². The second-order valence-electron chi connectivity index (χ2n) is 3.98. The Morgan fingerprint density at radius 3 is 3.06 bits per heavy atom. The Morgan fingerprint density at radius 2 is 2.53 bits per heavy atom. The average Bonchev–Trinajstić information content (AvgIpc) is 2.95. The third-order valence-electron chi connectivity index (χ3n) is 2.93. The van der Waals surface area contributed by atoms with Gasteiger partial charge in [-0.05, 0) is 22.0 Å². The molecule has 0 spiro atoms. The lowest BCUT2D eigenvalue weighted by molar-refractivity contribution is -0.0148. The molecule has 1 atom stereocenters. The first-order valence-corrected chi connectivity index (χ1v) is 6.10. The van der Waals surface area contributed by atoms with Crippen LogP contribution in [0.3, 0.4) is 0 Å². The first kappa shape index (κ1) is 12.6. The van der Waals surface area contributed by atoms with Crippen molar-refractivity contribution in [3.63, 3.8) is 0 Å². The highest BCUT2D eigenvalue weighted by molar-refractivity contribution is 9.10. The first-order valence-electron chi connectivity index (χ1n) is 5.31. The number of rotatable bonds is 4. The van der Waals surface area contributed by atoms with Gasteiger partial charge in [0, 0.05) is 26.7 Å². The number of ether oxygens (including phenoxy) is 2. The summed E-state index contributed by atoms with van der Waals surface area (Å²) in [6, 6.07) is 1.62. The summed E-state index contributed by atoms with van der Waals surface area (Å²) < 4.78 is 16.2. The Kier molecular flexibility index (Phi) is 3.86. The van der Waals surface area contributed by atoms with Crippen LogP contribution in [-0.4, -0.2) is 38.4 Å². The maximum atomic E-state index is 11.8. The van der Waals surface area contributed by atoms with Crippen LogP contribution in [0.5, 0.6) is 0 Å². The Labute approximate surface area is 108 Å². The van der Waals surface area contributed by atoms with Crippen LogP contribution in [0.25, 0.3) is 0 Å². The Balaban J connectivity index is 1.94. The van der Waals surface area contributed by atoms with E-state index in [2.05, 4.69) is 21.2 Å². The van der Waals surface area contributed by atoms with Gasteiger partial charge in [0.1, 0.15) is 5.60 Å². The number of hydrogen-bond donors (Lipinski definition) is 1. The van der Waals surface area contributed by atoms with Crippen LogP contribution in [0.1, 0.15) is 16.8 Å². The summed E-state index contributed by atoms with van der Waals surface area (Å²) in [5, 5.41) is 2.83. The zero-order chi connectivity index (χ0) is 12.3. The van der Waals surface area contributed by atoms with Crippen molar-refractivity contribution in [1.82, 2.24) is 5.32 Å². The van der Waals surface area contributed by atoms with Crippen molar-refractivity contribution in [2.45, 2.75) is 12.0 Å². The number of nitrogens with one attached hydrogen (secondary N) is 1. The van der Waals surface area contributed by atoms with Gasteiger partial charge in [0.2, 0.25) is 0 Å². The van der Waals surface area contributed by atoms with Crippen molar-refractivity contribution in [3.8, 4) is 0 Å².